The number of carbonyl (C=O) groups excluding carboxylic acids is 1. The van der Waals surface area contributed by atoms with Crippen LogP contribution in [0.2, 0.25) is 0 Å². The number of amides is 1. The van der Waals surface area contributed by atoms with Gasteiger partial charge in [0.05, 0.1) is 8.66 Å². The molecule has 0 aliphatic heterocycles. The lowest BCUT2D eigenvalue weighted by Gasteiger charge is -2.21. The van der Waals surface area contributed by atoms with E-state index in [-0.39, 0.29) is 5.91 Å². The summed E-state index contributed by atoms with van der Waals surface area (Å²) in [6.45, 7) is 4.75. The van der Waals surface area contributed by atoms with Gasteiger partial charge in [-0.15, -0.1) is 11.3 Å². The van der Waals surface area contributed by atoms with E-state index in [4.69, 9.17) is 5.73 Å². The largest absolute Gasteiger partial charge is 0.399 e. The second kappa shape index (κ2) is 6.41. The van der Waals surface area contributed by atoms with Crippen molar-refractivity contribution in [3.63, 3.8) is 0 Å². The minimum Gasteiger partial charge on any atom is -0.399 e. The number of thiophene rings is 1. The van der Waals surface area contributed by atoms with E-state index in [1.807, 2.05) is 37.3 Å². The molecule has 0 aliphatic carbocycles. The summed E-state index contributed by atoms with van der Waals surface area (Å²) in [7, 11) is 0. The number of nitrogens with zero attached hydrogens (tertiary/aromatic N) is 1. The van der Waals surface area contributed by atoms with Crippen LogP contribution in [0, 0.1) is 6.92 Å². The van der Waals surface area contributed by atoms with Gasteiger partial charge in [0, 0.05) is 17.9 Å². The molecule has 1 heterocycles. The smallest absolute Gasteiger partial charge is 0.268 e. The molecule has 2 aromatic rings. The number of carbonyl (C=O) groups is 1. The molecule has 0 radical (unpaired) electrons. The Morgan fingerprint density at radius 2 is 2.00 bits per heavy atom. The Bertz CT molecular complexity index is 587. The van der Waals surface area contributed by atoms with Crippen LogP contribution in [-0.2, 0) is 0 Å². The van der Waals surface area contributed by atoms with E-state index in [0.717, 1.165) is 26.3 Å². The van der Waals surface area contributed by atoms with Crippen molar-refractivity contribution in [2.24, 2.45) is 0 Å². The summed E-state index contributed by atoms with van der Waals surface area (Å²) in [5.74, 6) is 0.0374. The first-order valence-corrected chi connectivity index (χ1v) is 8.07. The van der Waals surface area contributed by atoms with Crippen LogP contribution in [-0.4, -0.2) is 12.5 Å². The van der Waals surface area contributed by atoms with Crippen LogP contribution in [0.4, 0.5) is 11.4 Å². The molecule has 0 fully saturated rings. The highest BCUT2D eigenvalue weighted by molar-refractivity contribution is 9.11. The number of anilines is 2. The molecule has 3 nitrogen and oxygen atoms in total. The molecule has 0 saturated carbocycles. The SMILES string of the molecule is CCCN(C(=O)c1cc(C)c(Br)s1)c1ccc(N)cc1. The highest BCUT2D eigenvalue weighted by atomic mass is 79.9. The predicted molar refractivity (Wildman–Crippen MR) is 89.6 cm³/mol. The first-order chi connectivity index (χ1) is 9.52. The summed E-state index contributed by atoms with van der Waals surface area (Å²) < 4.78 is 1.01. The molecule has 5 heteroatoms. The highest BCUT2D eigenvalue weighted by Gasteiger charge is 2.19. The molecule has 0 spiro atoms. The monoisotopic (exact) mass is 352 g/mol. The maximum atomic E-state index is 12.7. The van der Waals surface area contributed by atoms with Gasteiger partial charge in [0.2, 0.25) is 0 Å². The number of hydrogen-bond acceptors (Lipinski definition) is 3. The van der Waals surface area contributed by atoms with E-state index in [9.17, 15) is 4.79 Å². The molecule has 0 unspecified atom stereocenters. The van der Waals surface area contributed by atoms with Gasteiger partial charge in [-0.2, -0.15) is 0 Å². The average molecular weight is 353 g/mol. The van der Waals surface area contributed by atoms with Crippen molar-refractivity contribution in [2.45, 2.75) is 20.3 Å². The molecule has 2 rings (SSSR count). The summed E-state index contributed by atoms with van der Waals surface area (Å²) >= 11 is 4.94. The normalized spacial score (nSPS) is 10.6. The zero-order chi connectivity index (χ0) is 14.7. The first kappa shape index (κ1) is 15.1. The van der Waals surface area contributed by atoms with Gasteiger partial charge in [0.1, 0.15) is 0 Å². The van der Waals surface area contributed by atoms with Crippen molar-refractivity contribution in [1.29, 1.82) is 0 Å². The van der Waals surface area contributed by atoms with Crippen LogP contribution >= 0.6 is 27.3 Å². The zero-order valence-electron chi connectivity index (χ0n) is 11.5. The number of aryl methyl sites for hydroxylation is 1. The van der Waals surface area contributed by atoms with Gasteiger partial charge in [0.25, 0.3) is 5.91 Å². The third kappa shape index (κ3) is 3.22. The Morgan fingerprint density at radius 3 is 2.50 bits per heavy atom. The standard InChI is InChI=1S/C15H17BrN2OS/c1-3-8-18(12-6-4-11(17)5-7-12)15(19)13-9-10(2)14(16)20-13/h4-7,9H,3,8,17H2,1-2H3. The molecule has 20 heavy (non-hydrogen) atoms. The molecule has 0 saturated heterocycles. The lowest BCUT2D eigenvalue weighted by atomic mass is 10.2. The van der Waals surface area contributed by atoms with Crippen LogP contribution < -0.4 is 10.6 Å². The number of benzene rings is 1. The van der Waals surface area contributed by atoms with Crippen molar-refractivity contribution < 1.29 is 4.79 Å². The fraction of sp³-hybridized carbons (Fsp3) is 0.267. The molecule has 0 aliphatic rings. The molecule has 0 bridgehead atoms. The van der Waals surface area contributed by atoms with Gasteiger partial charge in [-0.1, -0.05) is 6.92 Å². The van der Waals surface area contributed by atoms with Crippen molar-refractivity contribution in [1.82, 2.24) is 0 Å². The van der Waals surface area contributed by atoms with Crippen molar-refractivity contribution in [3.8, 4) is 0 Å². The Morgan fingerprint density at radius 1 is 1.35 bits per heavy atom. The van der Waals surface area contributed by atoms with Crippen LogP contribution in [0.1, 0.15) is 28.6 Å². The van der Waals surface area contributed by atoms with Crippen molar-refractivity contribution >= 4 is 44.5 Å². The molecule has 0 atom stereocenters. The van der Waals surface area contributed by atoms with E-state index >= 15 is 0 Å². The Hall–Kier alpha value is -1.33. The minimum atomic E-state index is 0.0374. The Balaban J connectivity index is 2.32. The summed E-state index contributed by atoms with van der Waals surface area (Å²) in [6, 6.07) is 9.34. The lowest BCUT2D eigenvalue weighted by Crippen LogP contribution is -2.31. The van der Waals surface area contributed by atoms with E-state index in [0.29, 0.717) is 12.2 Å². The van der Waals surface area contributed by atoms with Gasteiger partial charge < -0.3 is 10.6 Å². The van der Waals surface area contributed by atoms with E-state index in [2.05, 4.69) is 22.9 Å². The number of rotatable bonds is 4. The molecule has 106 valence electrons. The molecular weight excluding hydrogens is 336 g/mol. The number of nitrogens with two attached hydrogens (primary N) is 1. The lowest BCUT2D eigenvalue weighted by molar-refractivity contribution is 0.0990. The number of halogens is 1. The summed E-state index contributed by atoms with van der Waals surface area (Å²) in [6.07, 6.45) is 0.904. The van der Waals surface area contributed by atoms with Crippen molar-refractivity contribution in [2.75, 3.05) is 17.2 Å². The molecular formula is C15H17BrN2OS. The second-order valence-corrected chi connectivity index (χ2v) is 6.99. The van der Waals surface area contributed by atoms with Crippen LogP contribution in [0.3, 0.4) is 0 Å². The van der Waals surface area contributed by atoms with Gasteiger partial charge in [-0.05, 0) is 65.2 Å². The topological polar surface area (TPSA) is 46.3 Å². The van der Waals surface area contributed by atoms with E-state index in [1.54, 1.807) is 4.90 Å². The van der Waals surface area contributed by atoms with Crippen LogP contribution in [0.15, 0.2) is 34.1 Å². The minimum absolute atomic E-state index is 0.0374. The maximum Gasteiger partial charge on any atom is 0.268 e. The van der Waals surface area contributed by atoms with Crippen LogP contribution in [0.25, 0.3) is 0 Å². The van der Waals surface area contributed by atoms with Gasteiger partial charge in [-0.3, -0.25) is 4.79 Å². The molecule has 2 N–H and O–H groups in total. The summed E-state index contributed by atoms with van der Waals surface area (Å²) in [5, 5.41) is 0. The average Bonchev–Trinajstić information content (AvgIpc) is 2.77. The van der Waals surface area contributed by atoms with Gasteiger partial charge in [-0.25, -0.2) is 0 Å². The molecule has 1 aromatic heterocycles. The molecule has 1 amide bonds. The predicted octanol–water partition coefficient (Wildman–Crippen LogP) is 4.46. The Labute approximate surface area is 131 Å². The zero-order valence-corrected chi connectivity index (χ0v) is 13.9. The number of hydrogen-bond donors (Lipinski definition) is 1. The maximum absolute atomic E-state index is 12.7. The van der Waals surface area contributed by atoms with Crippen molar-refractivity contribution in [3.05, 3.63) is 44.6 Å². The van der Waals surface area contributed by atoms with E-state index < -0.39 is 0 Å². The quantitative estimate of drug-likeness (QED) is 0.825. The highest BCUT2D eigenvalue weighted by Crippen LogP contribution is 2.29. The summed E-state index contributed by atoms with van der Waals surface area (Å²) in [5.41, 5.74) is 8.38. The van der Waals surface area contributed by atoms with Crippen LogP contribution in [0.5, 0.6) is 0 Å². The first-order valence-electron chi connectivity index (χ1n) is 6.46. The van der Waals surface area contributed by atoms with E-state index in [1.165, 1.54) is 11.3 Å². The molecule has 1 aromatic carbocycles. The fourth-order valence-corrected chi connectivity index (χ4v) is 3.41. The number of nitrogen functional groups attached to an aromatic ring is 1. The second-order valence-electron chi connectivity index (χ2n) is 4.62. The third-order valence-corrected chi connectivity index (χ3v) is 5.09. The van der Waals surface area contributed by atoms with Gasteiger partial charge >= 0.3 is 0 Å². The Kier molecular flexibility index (Phi) is 4.83. The van der Waals surface area contributed by atoms with Gasteiger partial charge in [0.15, 0.2) is 0 Å². The third-order valence-electron chi connectivity index (χ3n) is 2.97. The summed E-state index contributed by atoms with van der Waals surface area (Å²) in [4.78, 5) is 15.2. The fourth-order valence-electron chi connectivity index (χ4n) is 1.92.